The molecule has 12 heteroatoms. The number of alkyl halides is 3. The van der Waals surface area contributed by atoms with Crippen LogP contribution in [0, 0.1) is 13.8 Å². The minimum atomic E-state index is -4.61. The van der Waals surface area contributed by atoms with Gasteiger partial charge in [0, 0.05) is 41.9 Å². The monoisotopic (exact) mass is 509 g/mol. The van der Waals surface area contributed by atoms with Crippen LogP contribution in [0.5, 0.6) is 0 Å². The normalized spacial score (nSPS) is 11.2. The predicted molar refractivity (Wildman–Crippen MR) is 132 cm³/mol. The van der Waals surface area contributed by atoms with E-state index < -0.39 is 17.6 Å². The average molecular weight is 509 g/mol. The molecule has 4 rings (SSSR count). The first-order valence-electron chi connectivity index (χ1n) is 11.0. The molecule has 190 valence electrons. The maximum absolute atomic E-state index is 13.6. The molecule has 0 aliphatic heterocycles. The van der Waals surface area contributed by atoms with Crippen LogP contribution in [0.2, 0.25) is 0 Å². The summed E-state index contributed by atoms with van der Waals surface area (Å²) in [5.41, 5.74) is 1.37. The van der Waals surface area contributed by atoms with E-state index in [0.29, 0.717) is 17.2 Å². The van der Waals surface area contributed by atoms with Gasteiger partial charge in [-0.05, 0) is 55.8 Å². The number of hydrogen-bond acceptors (Lipinski definition) is 6. The number of nitrogens with one attached hydrogen (secondary N) is 3. The van der Waals surface area contributed by atoms with Crippen LogP contribution in [0.3, 0.4) is 0 Å². The maximum atomic E-state index is 13.6. The predicted octanol–water partition coefficient (Wildman–Crippen LogP) is 5.25. The Balaban J connectivity index is 1.60. The molecule has 37 heavy (non-hydrogen) atoms. The molecular weight excluding hydrogens is 487 g/mol. The van der Waals surface area contributed by atoms with Crippen LogP contribution in [-0.4, -0.2) is 31.3 Å². The minimum absolute atomic E-state index is 0.0254. The Morgan fingerprint density at radius 3 is 2.43 bits per heavy atom. The van der Waals surface area contributed by atoms with E-state index in [9.17, 15) is 22.8 Å². The van der Waals surface area contributed by atoms with Crippen molar-refractivity contribution in [3.8, 4) is 5.69 Å². The number of carbonyl (C=O) groups excluding carboxylic acids is 2. The zero-order chi connectivity index (χ0) is 26.7. The van der Waals surface area contributed by atoms with Crippen molar-refractivity contribution in [2.45, 2.75) is 26.9 Å². The van der Waals surface area contributed by atoms with Crippen molar-refractivity contribution in [1.29, 1.82) is 0 Å². The number of nitrogens with zero attached hydrogens (tertiary/aromatic N) is 4. The molecule has 0 saturated carbocycles. The highest BCUT2D eigenvalue weighted by Gasteiger charge is 2.31. The third-order valence-corrected chi connectivity index (χ3v) is 5.22. The summed E-state index contributed by atoms with van der Waals surface area (Å²) in [5.74, 6) is -0.418. The van der Waals surface area contributed by atoms with Gasteiger partial charge in [0.15, 0.2) is 0 Å². The molecule has 2 amide bonds. The minimum Gasteiger partial charge on any atom is -0.324 e. The zero-order valence-electron chi connectivity index (χ0n) is 20.0. The topological polar surface area (TPSA) is 114 Å². The van der Waals surface area contributed by atoms with Crippen molar-refractivity contribution >= 4 is 35.0 Å². The molecule has 0 aliphatic carbocycles. The Kier molecular flexibility index (Phi) is 6.92. The molecule has 2 aromatic heterocycles. The van der Waals surface area contributed by atoms with Gasteiger partial charge in [-0.1, -0.05) is 6.07 Å². The Hall–Kier alpha value is -4.74. The van der Waals surface area contributed by atoms with Gasteiger partial charge < -0.3 is 20.5 Å². The number of halogens is 3. The van der Waals surface area contributed by atoms with Gasteiger partial charge in [-0.15, -0.1) is 0 Å². The molecule has 0 bridgehead atoms. The van der Waals surface area contributed by atoms with Crippen LogP contribution in [0.1, 0.15) is 34.1 Å². The molecule has 4 aromatic rings. The number of anilines is 4. The lowest BCUT2D eigenvalue weighted by Crippen LogP contribution is -2.14. The molecule has 0 fully saturated rings. The Labute approximate surface area is 209 Å². The third-order valence-electron chi connectivity index (χ3n) is 5.22. The fraction of sp³-hybridized carbons (Fsp3) is 0.160. The van der Waals surface area contributed by atoms with Crippen LogP contribution in [0.15, 0.2) is 61.2 Å². The van der Waals surface area contributed by atoms with Crippen molar-refractivity contribution in [3.63, 3.8) is 0 Å². The van der Waals surface area contributed by atoms with Crippen LogP contribution < -0.4 is 16.0 Å². The number of aromatic nitrogens is 4. The summed E-state index contributed by atoms with van der Waals surface area (Å²) in [6, 6.07) is 9.59. The first-order chi connectivity index (χ1) is 17.5. The summed E-state index contributed by atoms with van der Waals surface area (Å²) in [6.07, 6.45) is -0.170. The second kappa shape index (κ2) is 10.1. The second-order valence-corrected chi connectivity index (χ2v) is 8.24. The summed E-state index contributed by atoms with van der Waals surface area (Å²) in [7, 11) is 0. The summed E-state index contributed by atoms with van der Waals surface area (Å²) in [6.45, 7) is 4.87. The fourth-order valence-corrected chi connectivity index (χ4v) is 3.45. The quantitative estimate of drug-likeness (QED) is 0.327. The number of imidazole rings is 1. The first-order valence-corrected chi connectivity index (χ1v) is 11.0. The summed E-state index contributed by atoms with van der Waals surface area (Å²) < 4.78 is 42.1. The third kappa shape index (κ3) is 6.28. The number of benzene rings is 2. The lowest BCUT2D eigenvalue weighted by Gasteiger charge is -2.14. The standard InChI is InChI=1S/C25H22F3N7O2/c1-14-4-5-17(8-21(14)33-24-29-7-6-22(34-24)31-16(3)36)23(37)32-19-9-18(25(26,27)28)10-20(11-19)35-12-15(2)30-13-35/h4-13H,1-3H3,(H,32,37)(H2,29,31,33,34,36). The van der Waals surface area contributed by atoms with Gasteiger partial charge >= 0.3 is 6.18 Å². The lowest BCUT2D eigenvalue weighted by molar-refractivity contribution is -0.137. The van der Waals surface area contributed by atoms with Gasteiger partial charge in [0.2, 0.25) is 11.9 Å². The number of rotatable bonds is 6. The van der Waals surface area contributed by atoms with Crippen molar-refractivity contribution in [1.82, 2.24) is 19.5 Å². The van der Waals surface area contributed by atoms with Crippen molar-refractivity contribution in [2.24, 2.45) is 0 Å². The van der Waals surface area contributed by atoms with E-state index in [4.69, 9.17) is 0 Å². The number of hydrogen-bond donors (Lipinski definition) is 3. The number of carbonyl (C=O) groups is 2. The maximum Gasteiger partial charge on any atom is 0.416 e. The van der Waals surface area contributed by atoms with Gasteiger partial charge in [-0.2, -0.15) is 18.2 Å². The Morgan fingerprint density at radius 2 is 1.76 bits per heavy atom. The second-order valence-electron chi connectivity index (χ2n) is 8.24. The first kappa shape index (κ1) is 25.4. The Bertz CT molecular complexity index is 1480. The highest BCUT2D eigenvalue weighted by atomic mass is 19.4. The molecule has 2 aromatic carbocycles. The van der Waals surface area contributed by atoms with E-state index in [0.717, 1.165) is 17.7 Å². The molecule has 0 aliphatic rings. The van der Waals surface area contributed by atoms with Crippen molar-refractivity contribution < 1.29 is 22.8 Å². The van der Waals surface area contributed by atoms with Crippen molar-refractivity contribution in [3.05, 3.63) is 83.6 Å². The van der Waals surface area contributed by atoms with Gasteiger partial charge in [0.25, 0.3) is 5.91 Å². The highest BCUT2D eigenvalue weighted by molar-refractivity contribution is 6.05. The molecule has 9 nitrogen and oxygen atoms in total. The van der Waals surface area contributed by atoms with Crippen LogP contribution in [-0.2, 0) is 11.0 Å². The molecule has 0 unspecified atom stereocenters. The van der Waals surface area contributed by atoms with E-state index in [1.165, 1.54) is 42.2 Å². The van der Waals surface area contributed by atoms with Crippen LogP contribution in [0.4, 0.5) is 36.3 Å². The molecule has 0 saturated heterocycles. The largest absolute Gasteiger partial charge is 0.416 e. The van der Waals surface area contributed by atoms with Crippen LogP contribution in [0.25, 0.3) is 5.69 Å². The molecule has 0 atom stereocenters. The average Bonchev–Trinajstić information content (AvgIpc) is 3.26. The lowest BCUT2D eigenvalue weighted by atomic mass is 10.1. The van der Waals surface area contributed by atoms with Crippen molar-refractivity contribution in [2.75, 3.05) is 16.0 Å². The number of amides is 2. The van der Waals surface area contributed by atoms with Crippen LogP contribution >= 0.6 is 0 Å². The molecule has 3 N–H and O–H groups in total. The van der Waals surface area contributed by atoms with Gasteiger partial charge in [-0.25, -0.2) is 9.97 Å². The van der Waals surface area contributed by atoms with E-state index in [2.05, 4.69) is 30.9 Å². The van der Waals surface area contributed by atoms with E-state index >= 15 is 0 Å². The molecule has 0 spiro atoms. The molecular formula is C25H22F3N7O2. The zero-order valence-corrected chi connectivity index (χ0v) is 20.0. The van der Waals surface area contributed by atoms with E-state index in [-0.39, 0.29) is 28.8 Å². The smallest absolute Gasteiger partial charge is 0.324 e. The summed E-state index contributed by atoms with van der Waals surface area (Å²) in [5, 5.41) is 8.10. The molecule has 2 heterocycles. The van der Waals surface area contributed by atoms with Gasteiger partial charge in [0.1, 0.15) is 5.82 Å². The fourth-order valence-electron chi connectivity index (χ4n) is 3.45. The van der Waals surface area contributed by atoms with E-state index in [1.807, 2.05) is 0 Å². The SMILES string of the molecule is CC(=O)Nc1ccnc(Nc2cc(C(=O)Nc3cc(-n4cnc(C)c4)cc(C(F)(F)F)c3)ccc2C)n1. The molecule has 0 radical (unpaired) electrons. The van der Waals surface area contributed by atoms with E-state index in [1.54, 1.807) is 32.2 Å². The summed E-state index contributed by atoms with van der Waals surface area (Å²) in [4.78, 5) is 36.6. The highest BCUT2D eigenvalue weighted by Crippen LogP contribution is 2.33. The van der Waals surface area contributed by atoms with Gasteiger partial charge in [-0.3, -0.25) is 9.59 Å². The van der Waals surface area contributed by atoms with Gasteiger partial charge in [0.05, 0.1) is 17.6 Å². The summed E-state index contributed by atoms with van der Waals surface area (Å²) >= 11 is 0. The number of aryl methyl sites for hydroxylation is 2. The Morgan fingerprint density at radius 1 is 0.973 bits per heavy atom.